The number of ether oxygens (including phenoxy) is 1. The van der Waals surface area contributed by atoms with E-state index in [0.29, 0.717) is 18.6 Å². The number of hydrogen-bond donors (Lipinski definition) is 2. The minimum absolute atomic E-state index is 0.317. The average Bonchev–Trinajstić information content (AvgIpc) is 2.61. The topological polar surface area (TPSA) is 50.4 Å². The molecule has 0 heterocycles. The van der Waals surface area contributed by atoms with Crippen LogP contribution in [0.15, 0.2) is 54.6 Å². The van der Waals surface area contributed by atoms with Gasteiger partial charge in [-0.2, -0.15) is 0 Å². The standard InChI is InChI=1S/C24H34N2O2/c1-18(26-19(2)22-12-7-6-8-13-22)16-21-11-9-10-20(17-21)14-15-25-23(27)28-24(3,4)5/h6-13,17-19,26H,14-16H2,1-5H3,(H,25,27). The molecule has 0 aliphatic heterocycles. The number of carbonyl (C=O) groups is 1. The van der Waals surface area contributed by atoms with E-state index in [4.69, 9.17) is 4.74 Å². The molecule has 2 N–H and O–H groups in total. The van der Waals surface area contributed by atoms with Gasteiger partial charge in [0.2, 0.25) is 0 Å². The van der Waals surface area contributed by atoms with Crippen LogP contribution < -0.4 is 10.6 Å². The normalized spacial score (nSPS) is 13.6. The Kier molecular flexibility index (Phi) is 8.06. The Morgan fingerprint density at radius 3 is 2.36 bits per heavy atom. The van der Waals surface area contributed by atoms with Crippen LogP contribution in [0.1, 0.15) is 57.4 Å². The molecular formula is C24H34N2O2. The first-order valence-corrected chi connectivity index (χ1v) is 10.1. The van der Waals surface area contributed by atoms with Gasteiger partial charge in [-0.05, 0) is 64.2 Å². The molecule has 4 nitrogen and oxygen atoms in total. The van der Waals surface area contributed by atoms with Crippen LogP contribution in [0.3, 0.4) is 0 Å². The second kappa shape index (κ2) is 10.3. The van der Waals surface area contributed by atoms with Gasteiger partial charge in [-0.1, -0.05) is 54.6 Å². The zero-order chi connectivity index (χ0) is 20.6. The monoisotopic (exact) mass is 382 g/mol. The Morgan fingerprint density at radius 1 is 1.00 bits per heavy atom. The lowest BCUT2D eigenvalue weighted by Crippen LogP contribution is -2.33. The van der Waals surface area contributed by atoms with Gasteiger partial charge < -0.3 is 15.4 Å². The van der Waals surface area contributed by atoms with Gasteiger partial charge in [-0.3, -0.25) is 0 Å². The quantitative estimate of drug-likeness (QED) is 0.673. The summed E-state index contributed by atoms with van der Waals surface area (Å²) < 4.78 is 5.27. The van der Waals surface area contributed by atoms with Gasteiger partial charge in [0.15, 0.2) is 0 Å². The molecule has 0 saturated carbocycles. The number of nitrogens with one attached hydrogen (secondary N) is 2. The van der Waals surface area contributed by atoms with E-state index in [-0.39, 0.29) is 6.09 Å². The summed E-state index contributed by atoms with van der Waals surface area (Å²) in [4.78, 5) is 11.7. The maximum atomic E-state index is 11.7. The fourth-order valence-electron chi connectivity index (χ4n) is 3.21. The molecule has 0 spiro atoms. The third-order valence-corrected chi connectivity index (χ3v) is 4.45. The van der Waals surface area contributed by atoms with Crippen molar-refractivity contribution in [3.8, 4) is 0 Å². The van der Waals surface area contributed by atoms with Crippen LogP contribution in [0.4, 0.5) is 4.79 Å². The van der Waals surface area contributed by atoms with E-state index in [0.717, 1.165) is 12.8 Å². The lowest BCUT2D eigenvalue weighted by molar-refractivity contribution is 0.0528. The molecule has 1 amide bonds. The van der Waals surface area contributed by atoms with Crippen molar-refractivity contribution in [1.82, 2.24) is 10.6 Å². The minimum Gasteiger partial charge on any atom is -0.444 e. The maximum absolute atomic E-state index is 11.7. The molecule has 2 unspecified atom stereocenters. The summed E-state index contributed by atoms with van der Waals surface area (Å²) in [6.45, 7) is 10.6. The van der Waals surface area contributed by atoms with Crippen LogP contribution in [0, 0.1) is 0 Å². The highest BCUT2D eigenvalue weighted by molar-refractivity contribution is 5.67. The molecular weight excluding hydrogens is 348 g/mol. The lowest BCUT2D eigenvalue weighted by Gasteiger charge is -2.21. The smallest absolute Gasteiger partial charge is 0.407 e. The first-order valence-electron chi connectivity index (χ1n) is 10.1. The molecule has 0 aliphatic carbocycles. The Balaban J connectivity index is 1.81. The largest absolute Gasteiger partial charge is 0.444 e. The zero-order valence-electron chi connectivity index (χ0n) is 17.8. The SMILES string of the molecule is CC(Cc1cccc(CCNC(=O)OC(C)(C)C)c1)NC(C)c1ccccc1. The predicted molar refractivity (Wildman–Crippen MR) is 116 cm³/mol. The third kappa shape index (κ3) is 8.13. The van der Waals surface area contributed by atoms with E-state index in [9.17, 15) is 4.79 Å². The zero-order valence-corrected chi connectivity index (χ0v) is 17.8. The van der Waals surface area contributed by atoms with Gasteiger partial charge in [0, 0.05) is 18.6 Å². The van der Waals surface area contributed by atoms with Crippen molar-refractivity contribution in [3.63, 3.8) is 0 Å². The summed E-state index contributed by atoms with van der Waals surface area (Å²) in [6, 6.07) is 19.8. The number of alkyl carbamates (subject to hydrolysis) is 1. The van der Waals surface area contributed by atoms with Gasteiger partial charge in [0.25, 0.3) is 0 Å². The molecule has 0 aromatic heterocycles. The highest BCUT2D eigenvalue weighted by Crippen LogP contribution is 2.14. The molecule has 0 radical (unpaired) electrons. The lowest BCUT2D eigenvalue weighted by atomic mass is 10.0. The van der Waals surface area contributed by atoms with Crippen molar-refractivity contribution in [2.24, 2.45) is 0 Å². The number of benzene rings is 2. The summed E-state index contributed by atoms with van der Waals surface area (Å²) >= 11 is 0. The van der Waals surface area contributed by atoms with E-state index in [1.54, 1.807) is 0 Å². The molecule has 2 aromatic carbocycles. The molecule has 2 aromatic rings. The molecule has 2 atom stereocenters. The number of amides is 1. The van der Waals surface area contributed by atoms with E-state index in [1.165, 1.54) is 16.7 Å². The Morgan fingerprint density at radius 2 is 1.68 bits per heavy atom. The van der Waals surface area contributed by atoms with Crippen molar-refractivity contribution in [3.05, 3.63) is 71.3 Å². The predicted octanol–water partition coefficient (Wildman–Crippen LogP) is 5.04. The minimum atomic E-state index is -0.468. The highest BCUT2D eigenvalue weighted by atomic mass is 16.6. The van der Waals surface area contributed by atoms with E-state index < -0.39 is 5.60 Å². The van der Waals surface area contributed by atoms with Gasteiger partial charge in [-0.25, -0.2) is 4.79 Å². The molecule has 4 heteroatoms. The second-order valence-corrected chi connectivity index (χ2v) is 8.40. The van der Waals surface area contributed by atoms with E-state index in [1.807, 2.05) is 26.8 Å². The highest BCUT2D eigenvalue weighted by Gasteiger charge is 2.15. The van der Waals surface area contributed by atoms with Crippen LogP contribution in [0.5, 0.6) is 0 Å². The molecule has 0 saturated heterocycles. The molecule has 2 rings (SSSR count). The van der Waals surface area contributed by atoms with Crippen LogP contribution in [0.2, 0.25) is 0 Å². The number of hydrogen-bond acceptors (Lipinski definition) is 3. The molecule has 0 aliphatic rings. The third-order valence-electron chi connectivity index (χ3n) is 4.45. The van der Waals surface area contributed by atoms with Gasteiger partial charge in [-0.15, -0.1) is 0 Å². The van der Waals surface area contributed by atoms with Crippen LogP contribution in [-0.2, 0) is 17.6 Å². The number of carbonyl (C=O) groups excluding carboxylic acids is 1. The first kappa shape index (κ1) is 22.0. The Bertz CT molecular complexity index is 738. The molecule has 0 fully saturated rings. The summed E-state index contributed by atoms with van der Waals surface area (Å²) in [6.07, 6.45) is 1.39. The van der Waals surface area contributed by atoms with Crippen LogP contribution in [0.25, 0.3) is 0 Å². The molecule has 0 bridgehead atoms. The maximum Gasteiger partial charge on any atom is 0.407 e. The van der Waals surface area contributed by atoms with E-state index >= 15 is 0 Å². The van der Waals surface area contributed by atoms with Gasteiger partial charge in [0.1, 0.15) is 5.60 Å². The van der Waals surface area contributed by atoms with Crippen LogP contribution in [-0.4, -0.2) is 24.3 Å². The Hall–Kier alpha value is -2.33. The summed E-state index contributed by atoms with van der Waals surface area (Å²) in [5.74, 6) is 0. The molecule has 152 valence electrons. The van der Waals surface area contributed by atoms with Crippen molar-refractivity contribution in [2.75, 3.05) is 6.54 Å². The van der Waals surface area contributed by atoms with Crippen molar-refractivity contribution in [2.45, 2.75) is 65.1 Å². The van der Waals surface area contributed by atoms with Crippen molar-refractivity contribution < 1.29 is 9.53 Å². The van der Waals surface area contributed by atoms with Crippen molar-refractivity contribution >= 4 is 6.09 Å². The first-order chi connectivity index (χ1) is 13.2. The summed E-state index contributed by atoms with van der Waals surface area (Å²) in [5, 5.41) is 6.49. The molecule has 28 heavy (non-hydrogen) atoms. The average molecular weight is 383 g/mol. The fourth-order valence-corrected chi connectivity index (χ4v) is 3.21. The van der Waals surface area contributed by atoms with E-state index in [2.05, 4.69) is 73.0 Å². The van der Waals surface area contributed by atoms with Gasteiger partial charge in [0.05, 0.1) is 0 Å². The van der Waals surface area contributed by atoms with Gasteiger partial charge >= 0.3 is 6.09 Å². The summed E-state index contributed by atoms with van der Waals surface area (Å²) in [5.41, 5.74) is 3.35. The number of rotatable bonds is 8. The Labute approximate surface area is 169 Å². The van der Waals surface area contributed by atoms with Crippen molar-refractivity contribution in [1.29, 1.82) is 0 Å². The summed E-state index contributed by atoms with van der Waals surface area (Å²) in [7, 11) is 0. The fraction of sp³-hybridized carbons (Fsp3) is 0.458. The second-order valence-electron chi connectivity index (χ2n) is 8.40. The van der Waals surface area contributed by atoms with Crippen LogP contribution >= 0.6 is 0 Å².